The van der Waals surface area contributed by atoms with Crippen molar-refractivity contribution < 1.29 is 48.1 Å². The Morgan fingerprint density at radius 2 is 1.19 bits per heavy atom. The first-order valence-electron chi connectivity index (χ1n) is 12.4. The van der Waals surface area contributed by atoms with E-state index in [1.54, 1.807) is 33.7 Å². The van der Waals surface area contributed by atoms with Gasteiger partial charge < -0.3 is 24.8 Å². The van der Waals surface area contributed by atoms with Crippen molar-refractivity contribution in [2.24, 2.45) is 0 Å². The van der Waals surface area contributed by atoms with Gasteiger partial charge in [0.1, 0.15) is 0 Å². The van der Waals surface area contributed by atoms with E-state index in [9.17, 15) is 0 Å². The molecule has 0 unspecified atom stereocenters. The van der Waals surface area contributed by atoms with E-state index in [0.717, 1.165) is 6.42 Å². The van der Waals surface area contributed by atoms with Crippen LogP contribution in [-0.4, -0.2) is 21.6 Å². The summed E-state index contributed by atoms with van der Waals surface area (Å²) in [5.74, 6) is 0. The molecule has 36 heavy (non-hydrogen) atoms. The molecule has 0 spiro atoms. The fraction of sp³-hybridized carbons (Fsp3) is 0.433. The van der Waals surface area contributed by atoms with Crippen LogP contribution in [0.15, 0.2) is 36.4 Å². The monoisotopic (exact) mass is 648 g/mol. The van der Waals surface area contributed by atoms with E-state index >= 15 is 0 Å². The van der Waals surface area contributed by atoms with Gasteiger partial charge in [0.05, 0.1) is 8.07 Å². The normalized spacial score (nSPS) is 11.5. The zero-order chi connectivity index (χ0) is 26.0. The third kappa shape index (κ3) is 9.58. The number of hydrogen-bond acceptors (Lipinski definition) is 0. The van der Waals surface area contributed by atoms with Crippen molar-refractivity contribution in [2.45, 2.75) is 86.5 Å². The van der Waals surface area contributed by atoms with E-state index in [4.69, 9.17) is 0 Å². The quantitative estimate of drug-likeness (QED) is 0.229. The second-order valence-electron chi connectivity index (χ2n) is 12.1. The largest absolute Gasteiger partial charge is 1.00 e. The zero-order valence-electron chi connectivity index (χ0n) is 24.4. The van der Waals surface area contributed by atoms with Gasteiger partial charge in [-0.1, -0.05) is 88.5 Å². The average Bonchev–Trinajstić information content (AvgIpc) is 3.20. The number of hydrogen-bond donors (Lipinski definition) is 0. The molecule has 0 aromatic heterocycles. The van der Waals surface area contributed by atoms with Crippen LogP contribution in [0.3, 0.4) is 0 Å². The maximum atomic E-state index is 3.73. The number of aryl methyl sites for hydroxylation is 4. The van der Waals surface area contributed by atoms with Gasteiger partial charge in [0.25, 0.3) is 0 Å². The van der Waals surface area contributed by atoms with Gasteiger partial charge >= 0.3 is 41.9 Å². The zero-order valence-corrected chi connectivity index (χ0v) is 31.4. The fourth-order valence-electron chi connectivity index (χ4n) is 4.62. The Morgan fingerprint density at radius 3 is 1.58 bits per heavy atom. The predicted octanol–water partition coefficient (Wildman–Crippen LogP) is 1.58. The topological polar surface area (TPSA) is 0 Å². The molecule has 4 rings (SSSR count). The van der Waals surface area contributed by atoms with Gasteiger partial charge in [0.15, 0.2) is 0 Å². The van der Waals surface area contributed by atoms with Crippen LogP contribution in [0.2, 0.25) is 52.4 Å². The summed E-state index contributed by atoms with van der Waals surface area (Å²) in [5.41, 5.74) is 11.7. The van der Waals surface area contributed by atoms with Gasteiger partial charge in [-0.3, -0.25) is 0 Å². The Bertz CT molecular complexity index is 1090. The van der Waals surface area contributed by atoms with Gasteiger partial charge in [-0.15, -0.1) is 11.1 Å². The van der Waals surface area contributed by atoms with Crippen molar-refractivity contribution in [3.63, 3.8) is 0 Å². The number of halogens is 2. The molecule has 0 radical (unpaired) electrons. The van der Waals surface area contributed by atoms with Crippen LogP contribution in [0.1, 0.15) is 33.4 Å². The first kappa shape index (κ1) is 35.9. The van der Waals surface area contributed by atoms with Crippen molar-refractivity contribution in [1.82, 2.24) is 0 Å². The summed E-state index contributed by atoms with van der Waals surface area (Å²) in [6.45, 7) is 28.1. The summed E-state index contributed by atoms with van der Waals surface area (Å²) in [6, 6.07) is 17.5. The molecular weight excluding hydrogens is 607 g/mol. The van der Waals surface area contributed by atoms with Crippen molar-refractivity contribution in [2.75, 3.05) is 0 Å². The molecule has 0 heterocycles. The van der Waals surface area contributed by atoms with Gasteiger partial charge in [0, 0.05) is 8.07 Å². The molecule has 0 amide bonds. The molecule has 3 aromatic carbocycles. The second kappa shape index (κ2) is 14.3. The van der Waals surface area contributed by atoms with Crippen molar-refractivity contribution >= 4 is 32.0 Å². The summed E-state index contributed by atoms with van der Waals surface area (Å²) in [5, 5.41) is 3.18. The van der Waals surface area contributed by atoms with E-state index in [1.807, 2.05) is 0 Å². The van der Waals surface area contributed by atoms with Gasteiger partial charge in [-0.2, -0.15) is 52.2 Å². The van der Waals surface area contributed by atoms with E-state index in [1.165, 1.54) is 44.5 Å². The number of fused-ring (bicyclic) bond motifs is 3. The molecule has 0 atom stereocenters. The number of rotatable bonds is 2. The third-order valence-corrected chi connectivity index (χ3v) is 10.7. The Labute approximate surface area is 251 Å². The summed E-state index contributed by atoms with van der Waals surface area (Å²) in [4.78, 5) is 0. The first-order chi connectivity index (χ1) is 15.5. The van der Waals surface area contributed by atoms with E-state index in [-0.39, 0.29) is 30.2 Å². The first-order valence-corrected chi connectivity index (χ1v) is 25.6. The second-order valence-corrected chi connectivity index (χ2v) is 31.5. The molecule has 0 saturated carbocycles. The summed E-state index contributed by atoms with van der Waals surface area (Å²) < 4.78 is 0. The Kier molecular flexibility index (Phi) is 14.3. The number of benzene rings is 2. The Hall–Kier alpha value is -0.0962. The predicted molar refractivity (Wildman–Crippen MR) is 158 cm³/mol. The van der Waals surface area contributed by atoms with Gasteiger partial charge in [-0.25, -0.2) is 0 Å². The van der Waals surface area contributed by atoms with E-state index in [0.29, 0.717) is 0 Å². The maximum absolute atomic E-state index is 3.73. The van der Waals surface area contributed by atoms with Gasteiger partial charge in [-0.05, 0) is 18.9 Å². The molecule has 0 aliphatic heterocycles. The molecule has 3 aromatic rings. The van der Waals surface area contributed by atoms with Gasteiger partial charge in [0.2, 0.25) is 0 Å². The van der Waals surface area contributed by atoms with Crippen LogP contribution in [0.25, 0.3) is 11.1 Å². The minimum absolute atomic E-state index is 0. The molecule has 0 nitrogen and oxygen atoms in total. The molecule has 0 saturated heterocycles. The van der Waals surface area contributed by atoms with E-state index in [2.05, 4.69) is 123 Å². The van der Waals surface area contributed by atoms with Crippen molar-refractivity contribution in [3.8, 4) is 11.1 Å². The van der Waals surface area contributed by atoms with Crippen LogP contribution in [0.5, 0.6) is 0 Å². The van der Waals surface area contributed by atoms with Crippen LogP contribution >= 0.6 is 0 Å². The minimum atomic E-state index is -1.33. The Balaban J connectivity index is 0.000000790. The molecular formula is C30H44Cl2Si3Zr-2. The molecule has 6 heteroatoms. The molecule has 1 aliphatic rings. The summed E-state index contributed by atoms with van der Waals surface area (Å²) >= 11 is 1.74. The maximum Gasteiger partial charge on any atom is 0.0779 e. The van der Waals surface area contributed by atoms with Crippen molar-refractivity contribution in [1.29, 1.82) is 0 Å². The summed E-state index contributed by atoms with van der Waals surface area (Å²) in [7, 11) is -2.63. The molecule has 0 fully saturated rings. The molecule has 196 valence electrons. The minimum Gasteiger partial charge on any atom is -1.00 e. The standard InChI is InChI=1S/C21H29Si2.C7H9.C2H6Si.2ClH.Zr/c1-14-9-16-11-17-10-15(2)21(23(6,7)8)13-19(17)18(16)12-20(14)22(3,4)5;1-6-4-3-5-7(6)2;1-3-2;;;/h9,12-13H,11H2,1-8H3;3-5H,1-2H3;1-2H3;2*1H;/q2*-1;;;;+2/p-2. The van der Waals surface area contributed by atoms with Crippen LogP contribution in [0.4, 0.5) is 0 Å². The molecule has 1 aliphatic carbocycles. The molecule has 0 bridgehead atoms. The van der Waals surface area contributed by atoms with Crippen LogP contribution in [0, 0.1) is 33.8 Å². The summed E-state index contributed by atoms with van der Waals surface area (Å²) in [6.07, 6.45) is 1.06. The molecule has 0 N–H and O–H groups in total. The fourth-order valence-corrected chi connectivity index (χ4v) is 8.22. The average molecular weight is 651 g/mol. The smallest absolute Gasteiger partial charge is 0.0779 e. The SMILES string of the molecule is C[Si](C)=[Zr+2].Cc1[c-]c2c(cc1[Si](C)(C)C)-c1cc([Si](C)(C)C)c(C)cc1C2.Cc1c[cH-]cc1C.[Cl-].[Cl-]. The van der Waals surface area contributed by atoms with Crippen LogP contribution in [-0.2, 0) is 29.8 Å². The van der Waals surface area contributed by atoms with Crippen LogP contribution < -0.4 is 35.2 Å². The van der Waals surface area contributed by atoms with Crippen molar-refractivity contribution in [3.05, 3.63) is 75.8 Å². The Morgan fingerprint density at radius 1 is 0.750 bits per heavy atom. The van der Waals surface area contributed by atoms with E-state index < -0.39 is 16.1 Å². The third-order valence-electron chi connectivity index (χ3n) is 6.39.